The molecular formula is C12H12Cl2N2O2S. The Morgan fingerprint density at radius 2 is 2.00 bits per heavy atom. The number of halogens is 2. The molecule has 1 aromatic carbocycles. The maximum absolute atomic E-state index is 12.6. The normalized spacial score (nSPS) is 11.8. The predicted molar refractivity (Wildman–Crippen MR) is 75.4 cm³/mol. The largest absolute Gasteiger partial charge is 0.270 e. The zero-order valence-electron chi connectivity index (χ0n) is 10.4. The molecule has 2 aromatic rings. The van der Waals surface area contributed by atoms with Gasteiger partial charge in [0.15, 0.2) is 0 Å². The highest BCUT2D eigenvalue weighted by molar-refractivity contribution is 7.90. The molecule has 0 aliphatic rings. The van der Waals surface area contributed by atoms with Crippen LogP contribution in [0.1, 0.15) is 18.4 Å². The first-order valence-corrected chi connectivity index (χ1v) is 7.81. The van der Waals surface area contributed by atoms with Crippen molar-refractivity contribution in [2.24, 2.45) is 0 Å². The van der Waals surface area contributed by atoms with E-state index in [1.165, 1.54) is 18.3 Å². The van der Waals surface area contributed by atoms with Gasteiger partial charge in [0.25, 0.3) is 10.0 Å². The van der Waals surface area contributed by atoms with Crippen LogP contribution in [0.15, 0.2) is 29.3 Å². The summed E-state index contributed by atoms with van der Waals surface area (Å²) in [6.45, 7) is 3.58. The number of hydrogen-bond acceptors (Lipinski definition) is 3. The van der Waals surface area contributed by atoms with Gasteiger partial charge in [0.05, 0.1) is 10.7 Å². The molecule has 102 valence electrons. The molecule has 0 saturated carbocycles. The fraction of sp³-hybridized carbons (Fsp3) is 0.250. The van der Waals surface area contributed by atoms with E-state index in [-0.39, 0.29) is 9.92 Å². The summed E-state index contributed by atoms with van der Waals surface area (Å²) in [7, 11) is -3.78. The van der Waals surface area contributed by atoms with Crippen LogP contribution in [-0.4, -0.2) is 17.4 Å². The Kier molecular flexibility index (Phi) is 3.90. The lowest BCUT2D eigenvalue weighted by atomic mass is 10.4. The molecule has 4 nitrogen and oxygen atoms in total. The summed E-state index contributed by atoms with van der Waals surface area (Å²) in [5, 5.41) is 0.454. The maximum atomic E-state index is 12.6. The van der Waals surface area contributed by atoms with Crippen molar-refractivity contribution in [3.8, 4) is 0 Å². The second kappa shape index (κ2) is 5.15. The number of benzene rings is 1. The van der Waals surface area contributed by atoms with Crippen molar-refractivity contribution in [2.75, 3.05) is 0 Å². The van der Waals surface area contributed by atoms with Gasteiger partial charge in [-0.3, -0.25) is 0 Å². The lowest BCUT2D eigenvalue weighted by Gasteiger charge is -2.10. The van der Waals surface area contributed by atoms with Crippen LogP contribution in [0, 0.1) is 6.92 Å². The van der Waals surface area contributed by atoms with Gasteiger partial charge in [-0.1, -0.05) is 30.1 Å². The summed E-state index contributed by atoms with van der Waals surface area (Å²) in [5.74, 6) is 0.466. The van der Waals surface area contributed by atoms with Crippen LogP contribution in [0.5, 0.6) is 0 Å². The van der Waals surface area contributed by atoms with Crippen LogP contribution >= 0.6 is 23.2 Å². The molecule has 0 unspecified atom stereocenters. The molecule has 0 amide bonds. The molecule has 7 heteroatoms. The van der Waals surface area contributed by atoms with Crippen molar-refractivity contribution in [2.45, 2.75) is 25.2 Å². The van der Waals surface area contributed by atoms with Crippen LogP contribution in [0.4, 0.5) is 0 Å². The zero-order valence-corrected chi connectivity index (χ0v) is 12.7. The number of imidazole rings is 1. The van der Waals surface area contributed by atoms with E-state index in [1.807, 2.05) is 6.92 Å². The summed E-state index contributed by atoms with van der Waals surface area (Å²) in [4.78, 5) is 4.16. The number of hydrogen-bond donors (Lipinski definition) is 0. The van der Waals surface area contributed by atoms with Gasteiger partial charge in [0.2, 0.25) is 0 Å². The lowest BCUT2D eigenvalue weighted by Crippen LogP contribution is -2.15. The SMILES string of the molecule is CCc1nc(C)cn1S(=O)(=O)c1cc(Cl)ccc1Cl. The minimum absolute atomic E-state index is 0.0197. The highest BCUT2D eigenvalue weighted by Crippen LogP contribution is 2.27. The monoisotopic (exact) mass is 318 g/mol. The molecule has 0 N–H and O–H groups in total. The van der Waals surface area contributed by atoms with E-state index < -0.39 is 10.0 Å². The van der Waals surface area contributed by atoms with E-state index in [0.29, 0.717) is 23.0 Å². The Labute approximate surface area is 122 Å². The van der Waals surface area contributed by atoms with Gasteiger partial charge in [-0.25, -0.2) is 17.4 Å². The van der Waals surface area contributed by atoms with Crippen molar-refractivity contribution in [1.29, 1.82) is 0 Å². The number of nitrogens with zero attached hydrogens (tertiary/aromatic N) is 2. The fourth-order valence-corrected chi connectivity index (χ4v) is 3.94. The van der Waals surface area contributed by atoms with Crippen molar-refractivity contribution in [1.82, 2.24) is 8.96 Å². The van der Waals surface area contributed by atoms with Crippen LogP contribution in [0.3, 0.4) is 0 Å². The predicted octanol–water partition coefficient (Wildman–Crippen LogP) is 3.30. The third kappa shape index (κ3) is 2.63. The number of aromatic nitrogens is 2. The first-order chi connectivity index (χ1) is 8.86. The minimum Gasteiger partial charge on any atom is -0.238 e. The molecule has 19 heavy (non-hydrogen) atoms. The molecule has 0 bridgehead atoms. The Hall–Kier alpha value is -1.04. The van der Waals surface area contributed by atoms with Gasteiger partial charge >= 0.3 is 0 Å². The molecule has 0 aliphatic heterocycles. The average molecular weight is 319 g/mol. The molecule has 0 fully saturated rings. The van der Waals surface area contributed by atoms with Crippen LogP contribution < -0.4 is 0 Å². The number of rotatable bonds is 3. The van der Waals surface area contributed by atoms with E-state index in [9.17, 15) is 8.42 Å². The van der Waals surface area contributed by atoms with Crippen molar-refractivity contribution in [3.05, 3.63) is 46.0 Å². The zero-order chi connectivity index (χ0) is 14.2. The summed E-state index contributed by atoms with van der Waals surface area (Å²) >= 11 is 11.8. The maximum Gasteiger partial charge on any atom is 0.270 e. The van der Waals surface area contributed by atoms with E-state index in [4.69, 9.17) is 23.2 Å². The first kappa shape index (κ1) is 14.4. The third-order valence-corrected chi connectivity index (χ3v) is 5.01. The van der Waals surface area contributed by atoms with Crippen molar-refractivity contribution < 1.29 is 8.42 Å². The smallest absolute Gasteiger partial charge is 0.238 e. The molecule has 0 aliphatic carbocycles. The van der Waals surface area contributed by atoms with E-state index >= 15 is 0 Å². The van der Waals surface area contributed by atoms with E-state index in [0.717, 1.165) is 3.97 Å². The van der Waals surface area contributed by atoms with E-state index in [2.05, 4.69) is 4.98 Å². The first-order valence-electron chi connectivity index (χ1n) is 5.61. The Morgan fingerprint density at radius 3 is 2.63 bits per heavy atom. The lowest BCUT2D eigenvalue weighted by molar-refractivity contribution is 0.584. The van der Waals surface area contributed by atoms with Gasteiger partial charge in [-0.15, -0.1) is 0 Å². The molecule has 2 rings (SSSR count). The molecule has 0 saturated heterocycles. The Bertz CT molecular complexity index is 723. The van der Waals surface area contributed by atoms with Crippen molar-refractivity contribution >= 4 is 33.2 Å². The van der Waals surface area contributed by atoms with Crippen molar-refractivity contribution in [3.63, 3.8) is 0 Å². The molecule has 0 radical (unpaired) electrons. The highest BCUT2D eigenvalue weighted by Gasteiger charge is 2.23. The molecule has 1 aromatic heterocycles. The molecule has 0 atom stereocenters. The second-order valence-corrected chi connectivity index (χ2v) is 6.65. The summed E-state index contributed by atoms with van der Waals surface area (Å²) < 4.78 is 26.3. The van der Waals surface area contributed by atoms with Gasteiger partial charge in [0.1, 0.15) is 10.7 Å². The summed E-state index contributed by atoms with van der Waals surface area (Å²) in [6, 6.07) is 4.35. The summed E-state index contributed by atoms with van der Waals surface area (Å²) in [6.07, 6.45) is 1.98. The highest BCUT2D eigenvalue weighted by atomic mass is 35.5. The average Bonchev–Trinajstić information content (AvgIpc) is 2.74. The van der Waals surface area contributed by atoms with Gasteiger partial charge in [-0.05, 0) is 25.1 Å². The molecule has 1 heterocycles. The Balaban J connectivity index is 2.68. The third-order valence-electron chi connectivity index (χ3n) is 2.61. The summed E-state index contributed by atoms with van der Waals surface area (Å²) in [5.41, 5.74) is 0.638. The van der Waals surface area contributed by atoms with E-state index in [1.54, 1.807) is 13.0 Å². The number of aryl methyl sites for hydroxylation is 2. The van der Waals surface area contributed by atoms with Crippen LogP contribution in [0.25, 0.3) is 0 Å². The topological polar surface area (TPSA) is 52.0 Å². The quantitative estimate of drug-likeness (QED) is 0.872. The van der Waals surface area contributed by atoms with Gasteiger partial charge < -0.3 is 0 Å². The fourth-order valence-electron chi connectivity index (χ4n) is 1.75. The second-order valence-electron chi connectivity index (χ2n) is 4.03. The Morgan fingerprint density at radius 1 is 1.32 bits per heavy atom. The standard InChI is InChI=1S/C12H12Cl2N2O2S/c1-3-12-15-8(2)7-16(12)19(17,18)11-6-9(13)4-5-10(11)14/h4-7H,3H2,1-2H3. The minimum atomic E-state index is -3.78. The van der Waals surface area contributed by atoms with Gasteiger partial charge in [0, 0.05) is 17.6 Å². The molecular weight excluding hydrogens is 307 g/mol. The molecule has 0 spiro atoms. The van der Waals surface area contributed by atoms with Crippen LogP contribution in [-0.2, 0) is 16.4 Å². The van der Waals surface area contributed by atoms with Crippen LogP contribution in [0.2, 0.25) is 10.0 Å². The van der Waals surface area contributed by atoms with Gasteiger partial charge in [-0.2, -0.15) is 0 Å².